The molecule has 12 heteroatoms. The summed E-state index contributed by atoms with van der Waals surface area (Å²) in [7, 11) is 0. The van der Waals surface area contributed by atoms with Gasteiger partial charge in [0.1, 0.15) is 23.7 Å². The number of nitrogens with two attached hydrogens (primary N) is 1. The standard InChI is InChI=1S/C25H17F4N5O3/c26-19-13-15(8-9-21(19)37-20-10-11-31-23(30)17(20)7-4-12-35)33-24(36)18-14-32-34(22(18)25(27,28)29)16-5-2-1-3-6-16/h1-3,5-6,8-11,13-14,35H,12H2,(H2,30,31)(H,33,36). The fraction of sp³-hybridized carbons (Fsp3) is 0.0800. The molecule has 0 spiro atoms. The van der Waals surface area contributed by atoms with Gasteiger partial charge in [0, 0.05) is 24.0 Å². The van der Waals surface area contributed by atoms with Crippen LogP contribution in [0.25, 0.3) is 5.69 Å². The van der Waals surface area contributed by atoms with Crippen LogP contribution >= 0.6 is 0 Å². The molecule has 4 aromatic rings. The van der Waals surface area contributed by atoms with Crippen LogP contribution in [0.4, 0.5) is 29.1 Å². The van der Waals surface area contributed by atoms with Gasteiger partial charge in [-0.3, -0.25) is 4.79 Å². The number of carbonyl (C=O) groups is 1. The summed E-state index contributed by atoms with van der Waals surface area (Å²) in [6, 6.07) is 12.2. The summed E-state index contributed by atoms with van der Waals surface area (Å²) < 4.78 is 62.4. The first-order valence-electron chi connectivity index (χ1n) is 10.5. The molecule has 0 bridgehead atoms. The minimum atomic E-state index is -4.90. The van der Waals surface area contributed by atoms with Gasteiger partial charge in [0.05, 0.1) is 17.4 Å². The predicted octanol–water partition coefficient (Wildman–Crippen LogP) is 4.40. The summed E-state index contributed by atoms with van der Waals surface area (Å²) in [6.07, 6.45) is -2.79. The molecule has 0 saturated heterocycles. The molecule has 0 saturated carbocycles. The number of benzene rings is 2. The first-order valence-corrected chi connectivity index (χ1v) is 10.5. The Labute approximate surface area is 207 Å². The van der Waals surface area contributed by atoms with Gasteiger partial charge in [-0.2, -0.15) is 18.3 Å². The highest BCUT2D eigenvalue weighted by Crippen LogP contribution is 2.35. The third-order valence-corrected chi connectivity index (χ3v) is 4.93. The molecule has 2 aromatic heterocycles. The molecule has 2 aromatic carbocycles. The van der Waals surface area contributed by atoms with Gasteiger partial charge in [-0.1, -0.05) is 30.0 Å². The van der Waals surface area contributed by atoms with Gasteiger partial charge in [0.2, 0.25) is 0 Å². The fourth-order valence-electron chi connectivity index (χ4n) is 3.33. The number of halogens is 4. The Morgan fingerprint density at radius 3 is 2.57 bits per heavy atom. The van der Waals surface area contributed by atoms with Gasteiger partial charge in [-0.25, -0.2) is 14.1 Å². The van der Waals surface area contributed by atoms with Gasteiger partial charge < -0.3 is 20.9 Å². The summed E-state index contributed by atoms with van der Waals surface area (Å²) in [5.74, 6) is 2.69. The quantitative estimate of drug-likeness (QED) is 0.270. The average Bonchev–Trinajstić information content (AvgIpc) is 3.32. The van der Waals surface area contributed by atoms with Crippen LogP contribution in [0.1, 0.15) is 21.6 Å². The second-order valence-corrected chi connectivity index (χ2v) is 7.38. The molecule has 0 atom stereocenters. The van der Waals surface area contributed by atoms with E-state index in [2.05, 4.69) is 27.2 Å². The molecule has 188 valence electrons. The van der Waals surface area contributed by atoms with Gasteiger partial charge in [-0.15, -0.1) is 0 Å². The zero-order valence-corrected chi connectivity index (χ0v) is 18.8. The summed E-state index contributed by atoms with van der Waals surface area (Å²) in [5.41, 5.74) is 3.87. The number of anilines is 2. The lowest BCUT2D eigenvalue weighted by atomic mass is 10.2. The van der Waals surface area contributed by atoms with E-state index in [1.807, 2.05) is 0 Å². The van der Waals surface area contributed by atoms with E-state index in [1.165, 1.54) is 48.7 Å². The molecular weight excluding hydrogens is 494 g/mol. The Hall–Kier alpha value is -4.89. The molecule has 0 aliphatic heterocycles. The molecule has 4 N–H and O–H groups in total. The maximum atomic E-state index is 14.8. The fourth-order valence-corrected chi connectivity index (χ4v) is 3.33. The second-order valence-electron chi connectivity index (χ2n) is 7.38. The minimum absolute atomic E-state index is 0.000686. The summed E-state index contributed by atoms with van der Waals surface area (Å²) in [4.78, 5) is 16.6. The number of nitrogens with one attached hydrogen (secondary N) is 1. The number of aliphatic hydroxyl groups excluding tert-OH is 1. The molecule has 37 heavy (non-hydrogen) atoms. The maximum Gasteiger partial charge on any atom is 0.434 e. The molecule has 2 heterocycles. The van der Waals surface area contributed by atoms with Crippen molar-refractivity contribution in [2.75, 3.05) is 17.7 Å². The van der Waals surface area contributed by atoms with Crippen molar-refractivity contribution in [2.24, 2.45) is 0 Å². The van der Waals surface area contributed by atoms with Crippen LogP contribution < -0.4 is 15.8 Å². The minimum Gasteiger partial charge on any atom is -0.453 e. The van der Waals surface area contributed by atoms with Gasteiger partial charge in [-0.05, 0) is 24.3 Å². The molecule has 8 nitrogen and oxygen atoms in total. The van der Waals surface area contributed by atoms with E-state index in [1.54, 1.807) is 6.07 Å². The van der Waals surface area contributed by atoms with Crippen molar-refractivity contribution in [3.05, 3.63) is 89.6 Å². The molecular formula is C25H17F4N5O3. The van der Waals surface area contributed by atoms with Crippen LogP contribution in [-0.2, 0) is 6.18 Å². The number of aromatic nitrogens is 3. The van der Waals surface area contributed by atoms with Gasteiger partial charge in [0.25, 0.3) is 5.91 Å². The van der Waals surface area contributed by atoms with Gasteiger partial charge in [0.15, 0.2) is 17.3 Å². The number of para-hydroxylation sites is 1. The molecule has 1 amide bonds. The average molecular weight is 511 g/mol. The topological polar surface area (TPSA) is 115 Å². The van der Waals surface area contributed by atoms with Crippen molar-refractivity contribution >= 4 is 17.4 Å². The highest BCUT2D eigenvalue weighted by molar-refractivity contribution is 6.05. The Kier molecular flexibility index (Phi) is 7.08. The molecule has 0 unspecified atom stereocenters. The number of aliphatic hydroxyl groups is 1. The Balaban J connectivity index is 1.59. The second kappa shape index (κ2) is 10.4. The van der Waals surface area contributed by atoms with Crippen molar-refractivity contribution in [1.29, 1.82) is 0 Å². The van der Waals surface area contributed by atoms with Crippen LogP contribution in [0.5, 0.6) is 11.5 Å². The van der Waals surface area contributed by atoms with E-state index in [9.17, 15) is 22.4 Å². The molecule has 0 aliphatic rings. The van der Waals surface area contributed by atoms with Gasteiger partial charge >= 0.3 is 6.18 Å². The number of rotatable bonds is 5. The van der Waals surface area contributed by atoms with Crippen molar-refractivity contribution < 1.29 is 32.2 Å². The predicted molar refractivity (Wildman–Crippen MR) is 126 cm³/mol. The van der Waals surface area contributed by atoms with E-state index in [0.717, 1.165) is 12.3 Å². The monoisotopic (exact) mass is 511 g/mol. The number of nitrogen functional groups attached to an aromatic ring is 1. The van der Waals surface area contributed by atoms with E-state index < -0.39 is 35.8 Å². The van der Waals surface area contributed by atoms with Crippen molar-refractivity contribution in [3.8, 4) is 29.0 Å². The first kappa shape index (κ1) is 25.2. The third-order valence-electron chi connectivity index (χ3n) is 4.93. The van der Waals surface area contributed by atoms with Crippen LogP contribution in [0.15, 0.2) is 67.0 Å². The molecule has 4 rings (SSSR count). The largest absolute Gasteiger partial charge is 0.453 e. The van der Waals surface area contributed by atoms with E-state index >= 15 is 0 Å². The molecule has 0 aliphatic carbocycles. The van der Waals surface area contributed by atoms with E-state index in [0.29, 0.717) is 4.68 Å². The van der Waals surface area contributed by atoms with Crippen molar-refractivity contribution in [1.82, 2.24) is 14.8 Å². The third kappa shape index (κ3) is 5.52. The normalized spacial score (nSPS) is 10.9. The number of carbonyl (C=O) groups excluding carboxylic acids is 1. The van der Waals surface area contributed by atoms with Crippen LogP contribution in [-0.4, -0.2) is 32.4 Å². The summed E-state index contributed by atoms with van der Waals surface area (Å²) in [5, 5.41) is 14.9. The first-order chi connectivity index (χ1) is 17.7. The van der Waals surface area contributed by atoms with Crippen molar-refractivity contribution in [3.63, 3.8) is 0 Å². The van der Waals surface area contributed by atoms with Crippen LogP contribution in [0.3, 0.4) is 0 Å². The smallest absolute Gasteiger partial charge is 0.434 e. The Morgan fingerprint density at radius 2 is 1.89 bits per heavy atom. The lowest BCUT2D eigenvalue weighted by molar-refractivity contribution is -0.143. The number of amides is 1. The maximum absolute atomic E-state index is 14.8. The lowest BCUT2D eigenvalue weighted by Crippen LogP contribution is -2.20. The summed E-state index contributed by atoms with van der Waals surface area (Å²) >= 11 is 0. The number of hydrogen-bond donors (Lipinski definition) is 3. The molecule has 0 fully saturated rings. The number of nitrogens with zero attached hydrogens (tertiary/aromatic N) is 3. The van der Waals surface area contributed by atoms with Crippen LogP contribution in [0.2, 0.25) is 0 Å². The number of ether oxygens (including phenoxy) is 1. The SMILES string of the molecule is Nc1nccc(Oc2ccc(NC(=O)c3cnn(-c4ccccc4)c3C(F)(F)F)cc2F)c1C#CCO. The van der Waals surface area contributed by atoms with E-state index in [-0.39, 0.29) is 34.3 Å². The van der Waals surface area contributed by atoms with Crippen molar-refractivity contribution in [2.45, 2.75) is 6.18 Å². The highest BCUT2D eigenvalue weighted by atomic mass is 19.4. The Morgan fingerprint density at radius 1 is 1.14 bits per heavy atom. The highest BCUT2D eigenvalue weighted by Gasteiger charge is 2.40. The Bertz CT molecular complexity index is 1510. The zero-order chi connectivity index (χ0) is 26.6. The lowest BCUT2D eigenvalue weighted by Gasteiger charge is -2.13. The zero-order valence-electron chi connectivity index (χ0n) is 18.8. The van der Waals surface area contributed by atoms with E-state index in [4.69, 9.17) is 15.6 Å². The number of hydrogen-bond acceptors (Lipinski definition) is 6. The number of alkyl halides is 3. The van der Waals surface area contributed by atoms with Crippen LogP contribution in [0, 0.1) is 17.7 Å². The number of pyridine rings is 1. The molecule has 0 radical (unpaired) electrons. The summed E-state index contributed by atoms with van der Waals surface area (Å²) in [6.45, 7) is -0.448.